The summed E-state index contributed by atoms with van der Waals surface area (Å²) < 4.78 is 34.1. The van der Waals surface area contributed by atoms with Gasteiger partial charge in [-0.05, 0) is 50.6 Å². The van der Waals surface area contributed by atoms with Crippen molar-refractivity contribution in [2.75, 3.05) is 17.8 Å². The second-order valence-corrected chi connectivity index (χ2v) is 9.05. The maximum Gasteiger partial charge on any atom is 0.335 e. The van der Waals surface area contributed by atoms with Crippen LogP contribution >= 0.6 is 0 Å². The van der Waals surface area contributed by atoms with E-state index in [1.54, 1.807) is 30.0 Å². The Bertz CT molecular complexity index is 1070. The molecule has 0 aliphatic carbocycles. The number of rotatable bonds is 5. The molecule has 0 unspecified atom stereocenters. The highest BCUT2D eigenvalue weighted by Gasteiger charge is 2.29. The van der Waals surface area contributed by atoms with Crippen LogP contribution in [0.5, 0.6) is 0 Å². The number of sulfonamides is 1. The number of para-hydroxylation sites is 1. The number of ether oxygens (including phenoxy) is 1. The average Bonchev–Trinajstić information content (AvgIpc) is 2.66. The van der Waals surface area contributed by atoms with Crippen molar-refractivity contribution in [3.05, 3.63) is 59.2 Å². The molecular formula is C21H24N2O6S. The standard InChI is InChI=1S/C21H24N2O6S/c1-13-8-9-16(21(25)26)10-19(13)30(27,28)22-18-7-5-4-6-17(18)20(24)23-11-14(2)29-15(3)12-23/h4-10,14-15,22H,11-12H2,1-3H3,(H,25,26)/t14-,15-/m0/s1. The van der Waals surface area contributed by atoms with Crippen LogP contribution in [0.4, 0.5) is 5.69 Å². The van der Waals surface area contributed by atoms with Crippen LogP contribution in [0, 0.1) is 6.92 Å². The zero-order chi connectivity index (χ0) is 22.1. The van der Waals surface area contributed by atoms with E-state index in [4.69, 9.17) is 4.74 Å². The normalized spacial score (nSPS) is 19.4. The molecule has 1 heterocycles. The van der Waals surface area contributed by atoms with Crippen molar-refractivity contribution in [2.24, 2.45) is 0 Å². The predicted molar refractivity (Wildman–Crippen MR) is 111 cm³/mol. The van der Waals surface area contributed by atoms with Crippen LogP contribution in [0.1, 0.15) is 40.1 Å². The number of carboxylic acids is 1. The number of aromatic carboxylic acids is 1. The highest BCUT2D eigenvalue weighted by molar-refractivity contribution is 7.92. The average molecular weight is 432 g/mol. The van der Waals surface area contributed by atoms with Crippen LogP contribution in [0.25, 0.3) is 0 Å². The zero-order valence-electron chi connectivity index (χ0n) is 17.0. The molecule has 160 valence electrons. The predicted octanol–water partition coefficient (Wildman–Crippen LogP) is 2.74. The van der Waals surface area contributed by atoms with Crippen LogP contribution in [0.3, 0.4) is 0 Å². The molecule has 8 nitrogen and oxygen atoms in total. The van der Waals surface area contributed by atoms with Gasteiger partial charge < -0.3 is 14.7 Å². The van der Waals surface area contributed by atoms with Gasteiger partial charge in [-0.2, -0.15) is 0 Å². The van der Waals surface area contributed by atoms with Gasteiger partial charge in [0.05, 0.1) is 33.9 Å². The van der Waals surface area contributed by atoms with Crippen LogP contribution in [0.15, 0.2) is 47.4 Å². The molecule has 0 spiro atoms. The summed E-state index contributed by atoms with van der Waals surface area (Å²) in [6.07, 6.45) is -0.245. The molecule has 2 aromatic rings. The summed E-state index contributed by atoms with van der Waals surface area (Å²) in [5, 5.41) is 9.18. The molecule has 2 atom stereocenters. The third kappa shape index (κ3) is 4.63. The number of nitrogens with zero attached hydrogens (tertiary/aromatic N) is 1. The number of nitrogens with one attached hydrogen (secondary N) is 1. The topological polar surface area (TPSA) is 113 Å². The second kappa shape index (κ2) is 8.45. The van der Waals surface area contributed by atoms with Gasteiger partial charge in [0.1, 0.15) is 0 Å². The minimum atomic E-state index is -4.12. The Morgan fingerprint density at radius 1 is 1.10 bits per heavy atom. The van der Waals surface area contributed by atoms with E-state index in [0.717, 1.165) is 6.07 Å². The number of morpholine rings is 1. The number of hydrogen-bond donors (Lipinski definition) is 2. The third-order valence-electron chi connectivity index (χ3n) is 4.83. The second-order valence-electron chi connectivity index (χ2n) is 7.40. The van der Waals surface area contributed by atoms with Crippen LogP contribution in [0.2, 0.25) is 0 Å². The first kappa shape index (κ1) is 21.8. The fourth-order valence-electron chi connectivity index (χ4n) is 3.50. The van der Waals surface area contributed by atoms with Crippen LogP contribution in [-0.2, 0) is 14.8 Å². The summed E-state index contributed by atoms with van der Waals surface area (Å²) >= 11 is 0. The lowest BCUT2D eigenvalue weighted by molar-refractivity contribution is -0.0585. The van der Waals surface area contributed by atoms with E-state index in [1.807, 2.05) is 13.8 Å². The summed E-state index contributed by atoms with van der Waals surface area (Å²) in [5.74, 6) is -1.52. The molecule has 3 rings (SSSR count). The molecule has 9 heteroatoms. The van der Waals surface area contributed by atoms with Crippen LogP contribution < -0.4 is 4.72 Å². The third-order valence-corrected chi connectivity index (χ3v) is 6.34. The van der Waals surface area contributed by atoms with Gasteiger partial charge >= 0.3 is 5.97 Å². The number of anilines is 1. The maximum atomic E-state index is 13.1. The lowest BCUT2D eigenvalue weighted by atomic mass is 10.1. The summed E-state index contributed by atoms with van der Waals surface area (Å²) in [7, 11) is -4.12. The number of benzene rings is 2. The minimum absolute atomic E-state index is 0.122. The van der Waals surface area contributed by atoms with Gasteiger partial charge in [0, 0.05) is 13.1 Å². The van der Waals surface area contributed by atoms with Crippen molar-refractivity contribution in [1.82, 2.24) is 4.90 Å². The highest BCUT2D eigenvalue weighted by atomic mass is 32.2. The van der Waals surface area contributed by atoms with Gasteiger partial charge in [0.2, 0.25) is 0 Å². The van der Waals surface area contributed by atoms with Crippen LogP contribution in [-0.4, -0.2) is 55.6 Å². The van der Waals surface area contributed by atoms with Crippen molar-refractivity contribution in [3.8, 4) is 0 Å². The number of carbonyl (C=O) groups is 2. The number of carboxylic acid groups (broad SMARTS) is 1. The largest absolute Gasteiger partial charge is 0.478 e. The summed E-state index contributed by atoms with van der Waals surface area (Å²) in [6, 6.07) is 10.2. The van der Waals surface area contributed by atoms with Crippen molar-refractivity contribution in [1.29, 1.82) is 0 Å². The molecule has 1 fully saturated rings. The molecule has 0 aromatic heterocycles. The molecule has 0 bridgehead atoms. The van der Waals surface area contributed by atoms with E-state index in [1.165, 1.54) is 18.2 Å². The number of hydrogen-bond acceptors (Lipinski definition) is 5. The van der Waals surface area contributed by atoms with E-state index in [9.17, 15) is 23.1 Å². The van der Waals surface area contributed by atoms with Gasteiger partial charge in [-0.1, -0.05) is 18.2 Å². The molecule has 1 saturated heterocycles. The van der Waals surface area contributed by atoms with E-state index >= 15 is 0 Å². The van der Waals surface area contributed by atoms with Crippen molar-refractivity contribution in [2.45, 2.75) is 37.9 Å². The fourth-order valence-corrected chi connectivity index (χ4v) is 4.85. The lowest BCUT2D eigenvalue weighted by Crippen LogP contribution is -2.48. The summed E-state index contributed by atoms with van der Waals surface area (Å²) in [6.45, 7) is 6.15. The number of carbonyl (C=O) groups excluding carboxylic acids is 1. The first-order chi connectivity index (χ1) is 14.1. The number of amides is 1. The first-order valence-corrected chi connectivity index (χ1v) is 11.0. The Kier molecular flexibility index (Phi) is 6.14. The van der Waals surface area contributed by atoms with Gasteiger partial charge in [-0.25, -0.2) is 13.2 Å². The Hall–Kier alpha value is -2.91. The molecule has 0 radical (unpaired) electrons. The summed E-state index contributed by atoms with van der Waals surface area (Å²) in [4.78, 5) is 25.8. The Balaban J connectivity index is 1.94. The van der Waals surface area contributed by atoms with Gasteiger partial charge in [0.15, 0.2) is 0 Å². The fraction of sp³-hybridized carbons (Fsp3) is 0.333. The lowest BCUT2D eigenvalue weighted by Gasteiger charge is -2.35. The van der Waals surface area contributed by atoms with E-state index in [0.29, 0.717) is 18.7 Å². The van der Waals surface area contributed by atoms with Gasteiger partial charge in [-0.3, -0.25) is 9.52 Å². The van der Waals surface area contributed by atoms with Gasteiger partial charge in [0.25, 0.3) is 15.9 Å². The van der Waals surface area contributed by atoms with Crippen molar-refractivity contribution >= 4 is 27.6 Å². The SMILES string of the molecule is Cc1ccc(C(=O)O)cc1S(=O)(=O)Nc1ccccc1C(=O)N1C[C@H](C)O[C@@H](C)C1. The van der Waals surface area contributed by atoms with E-state index in [-0.39, 0.29) is 39.8 Å². The smallest absolute Gasteiger partial charge is 0.335 e. The number of aryl methyl sites for hydroxylation is 1. The quantitative estimate of drug-likeness (QED) is 0.751. The highest BCUT2D eigenvalue weighted by Crippen LogP contribution is 2.25. The molecule has 1 aliphatic heterocycles. The van der Waals surface area contributed by atoms with E-state index in [2.05, 4.69) is 4.72 Å². The molecular weight excluding hydrogens is 408 g/mol. The Morgan fingerprint density at radius 3 is 2.37 bits per heavy atom. The monoisotopic (exact) mass is 432 g/mol. The molecule has 0 saturated carbocycles. The Morgan fingerprint density at radius 2 is 1.73 bits per heavy atom. The Labute approximate surface area is 175 Å². The van der Waals surface area contributed by atoms with Gasteiger partial charge in [-0.15, -0.1) is 0 Å². The molecule has 1 aliphatic rings. The minimum Gasteiger partial charge on any atom is -0.478 e. The molecule has 30 heavy (non-hydrogen) atoms. The maximum absolute atomic E-state index is 13.1. The summed E-state index contributed by atoms with van der Waals surface area (Å²) in [5.41, 5.74) is 0.609. The van der Waals surface area contributed by atoms with E-state index < -0.39 is 16.0 Å². The molecule has 2 aromatic carbocycles. The van der Waals surface area contributed by atoms with Crippen molar-refractivity contribution < 1.29 is 27.9 Å². The van der Waals surface area contributed by atoms with Crippen molar-refractivity contribution in [3.63, 3.8) is 0 Å². The molecule has 2 N–H and O–H groups in total. The first-order valence-electron chi connectivity index (χ1n) is 9.49. The zero-order valence-corrected chi connectivity index (χ0v) is 17.8. The molecule has 1 amide bonds.